The van der Waals surface area contributed by atoms with Crippen molar-refractivity contribution in [3.8, 4) is 11.4 Å². The highest BCUT2D eigenvalue weighted by Gasteiger charge is 2.39. The van der Waals surface area contributed by atoms with Crippen molar-refractivity contribution < 1.29 is 23.9 Å². The first-order valence-corrected chi connectivity index (χ1v) is 9.26. The molecule has 1 N–H and O–H groups in total. The number of nitrogens with one attached hydrogen (secondary N) is 1. The summed E-state index contributed by atoms with van der Waals surface area (Å²) in [7, 11) is 0. The third kappa shape index (κ3) is 3.46. The van der Waals surface area contributed by atoms with Crippen LogP contribution in [-0.2, 0) is 20.9 Å². The monoisotopic (exact) mass is 394 g/mol. The zero-order chi connectivity index (χ0) is 20.5. The molecule has 0 aliphatic carbocycles. The fraction of sp³-hybridized carbons (Fsp3) is 0.300. The number of ether oxygens (including phenoxy) is 1. The van der Waals surface area contributed by atoms with E-state index in [4.69, 9.17) is 4.74 Å². The van der Waals surface area contributed by atoms with E-state index in [9.17, 15) is 19.2 Å². The van der Waals surface area contributed by atoms with Gasteiger partial charge in [0.1, 0.15) is 6.04 Å². The molecule has 2 aliphatic heterocycles. The van der Waals surface area contributed by atoms with Crippen LogP contribution in [0.15, 0.2) is 30.5 Å². The maximum Gasteiger partial charge on any atom is 0.357 e. The Kier molecular flexibility index (Phi) is 4.79. The van der Waals surface area contributed by atoms with Crippen molar-refractivity contribution in [3.63, 3.8) is 0 Å². The molecule has 9 nitrogen and oxygen atoms in total. The Balaban J connectivity index is 1.60. The number of piperidine rings is 1. The minimum Gasteiger partial charge on any atom is -0.461 e. The Morgan fingerprint density at radius 2 is 2.10 bits per heavy atom. The second kappa shape index (κ2) is 7.42. The average Bonchev–Trinajstić information content (AvgIpc) is 3.04. The van der Waals surface area contributed by atoms with Crippen molar-refractivity contribution in [1.29, 1.82) is 0 Å². The van der Waals surface area contributed by atoms with Crippen LogP contribution in [0.4, 0.5) is 0 Å². The molecule has 1 atom stereocenters. The molecule has 148 valence electrons. The van der Waals surface area contributed by atoms with E-state index in [1.54, 1.807) is 25.1 Å². The largest absolute Gasteiger partial charge is 0.461 e. The van der Waals surface area contributed by atoms with E-state index in [1.165, 1.54) is 17.2 Å². The molecule has 1 fully saturated rings. The first-order chi connectivity index (χ1) is 14.0. The first-order valence-electron chi connectivity index (χ1n) is 9.26. The fourth-order valence-corrected chi connectivity index (χ4v) is 3.53. The van der Waals surface area contributed by atoms with Crippen LogP contribution in [0.2, 0.25) is 0 Å². The third-order valence-electron chi connectivity index (χ3n) is 4.92. The molecule has 9 heteroatoms. The number of amides is 3. The molecule has 1 saturated heterocycles. The Morgan fingerprint density at radius 1 is 1.28 bits per heavy atom. The van der Waals surface area contributed by atoms with Crippen LogP contribution in [0, 0.1) is 0 Å². The zero-order valence-corrected chi connectivity index (χ0v) is 15.7. The van der Waals surface area contributed by atoms with Gasteiger partial charge < -0.3 is 9.64 Å². The Labute approximate surface area is 166 Å². The van der Waals surface area contributed by atoms with Gasteiger partial charge in [-0.3, -0.25) is 19.7 Å². The van der Waals surface area contributed by atoms with Crippen LogP contribution in [0.25, 0.3) is 11.4 Å². The molecule has 0 radical (unpaired) electrons. The van der Waals surface area contributed by atoms with E-state index < -0.39 is 17.9 Å². The van der Waals surface area contributed by atoms with Crippen molar-refractivity contribution in [1.82, 2.24) is 20.2 Å². The first kappa shape index (κ1) is 18.7. The average molecular weight is 394 g/mol. The molecule has 2 aliphatic rings. The number of fused-ring (bicyclic) bond motifs is 1. The molecule has 3 amide bonds. The summed E-state index contributed by atoms with van der Waals surface area (Å²) in [5.74, 6) is -1.21. The van der Waals surface area contributed by atoms with Gasteiger partial charge in [-0.1, -0.05) is 6.07 Å². The van der Waals surface area contributed by atoms with Crippen molar-refractivity contribution in [3.05, 3.63) is 47.3 Å². The van der Waals surface area contributed by atoms with Gasteiger partial charge in [0.25, 0.3) is 5.91 Å². The lowest BCUT2D eigenvalue weighted by Gasteiger charge is -2.29. The Bertz CT molecular complexity index is 1040. The second-order valence-electron chi connectivity index (χ2n) is 6.76. The lowest BCUT2D eigenvalue weighted by molar-refractivity contribution is -0.136. The second-order valence-corrected chi connectivity index (χ2v) is 6.76. The number of carbonyl (C=O) groups excluding carboxylic acids is 4. The molecule has 1 aromatic heterocycles. The number of aromatic nitrogens is 2. The number of imide groups is 1. The van der Waals surface area contributed by atoms with Crippen LogP contribution in [-0.4, -0.2) is 51.2 Å². The lowest BCUT2D eigenvalue weighted by Crippen LogP contribution is -2.52. The van der Waals surface area contributed by atoms with Crippen LogP contribution in [0.5, 0.6) is 0 Å². The van der Waals surface area contributed by atoms with Crippen molar-refractivity contribution in [2.75, 3.05) is 6.61 Å². The summed E-state index contributed by atoms with van der Waals surface area (Å²) >= 11 is 0. The number of benzene rings is 1. The van der Waals surface area contributed by atoms with Gasteiger partial charge in [-0.15, -0.1) is 0 Å². The van der Waals surface area contributed by atoms with E-state index in [0.717, 1.165) is 5.56 Å². The van der Waals surface area contributed by atoms with Gasteiger partial charge >= 0.3 is 5.97 Å². The predicted octanol–water partition coefficient (Wildman–Crippen LogP) is 1.08. The maximum atomic E-state index is 12.8. The smallest absolute Gasteiger partial charge is 0.357 e. The molecule has 0 saturated carbocycles. The minimum absolute atomic E-state index is 0.151. The Hall–Kier alpha value is -3.62. The summed E-state index contributed by atoms with van der Waals surface area (Å²) in [6.45, 7) is 2.22. The molecule has 29 heavy (non-hydrogen) atoms. The Morgan fingerprint density at radius 3 is 2.86 bits per heavy atom. The summed E-state index contributed by atoms with van der Waals surface area (Å²) in [6, 6.07) is 5.96. The van der Waals surface area contributed by atoms with Crippen LogP contribution in [0.1, 0.15) is 46.2 Å². The van der Waals surface area contributed by atoms with Gasteiger partial charge in [0, 0.05) is 30.3 Å². The summed E-state index contributed by atoms with van der Waals surface area (Å²) < 4.78 is 4.96. The summed E-state index contributed by atoms with van der Waals surface area (Å²) in [5, 5.41) is 2.28. The molecule has 0 bridgehead atoms. The SMILES string of the molecule is CCOC(=O)c1ccnc(-c2ccc3c(c2)CN(C2CCC(=O)NC2=O)C3=O)n1. The van der Waals surface area contributed by atoms with Crippen molar-refractivity contribution in [2.45, 2.75) is 32.4 Å². The quantitative estimate of drug-likeness (QED) is 0.609. The zero-order valence-electron chi connectivity index (χ0n) is 15.7. The number of carbonyl (C=O) groups is 4. The van der Waals surface area contributed by atoms with Gasteiger partial charge in [-0.2, -0.15) is 0 Å². The molecule has 3 heterocycles. The van der Waals surface area contributed by atoms with E-state index in [1.807, 2.05) is 0 Å². The molecule has 2 aromatic rings. The molecular formula is C20H18N4O5. The summed E-state index contributed by atoms with van der Waals surface area (Å²) in [6.07, 6.45) is 1.99. The van der Waals surface area contributed by atoms with Gasteiger partial charge in [0.15, 0.2) is 11.5 Å². The van der Waals surface area contributed by atoms with Gasteiger partial charge in [0.2, 0.25) is 11.8 Å². The van der Waals surface area contributed by atoms with E-state index in [0.29, 0.717) is 23.4 Å². The highest BCUT2D eigenvalue weighted by molar-refractivity contribution is 6.05. The molecule has 1 unspecified atom stereocenters. The van der Waals surface area contributed by atoms with E-state index in [2.05, 4.69) is 15.3 Å². The molecule has 0 spiro atoms. The van der Waals surface area contributed by atoms with Crippen molar-refractivity contribution >= 4 is 23.7 Å². The summed E-state index contributed by atoms with van der Waals surface area (Å²) in [4.78, 5) is 58.1. The highest BCUT2D eigenvalue weighted by atomic mass is 16.5. The van der Waals surface area contributed by atoms with Gasteiger partial charge in [-0.25, -0.2) is 14.8 Å². The summed E-state index contributed by atoms with van der Waals surface area (Å²) in [5.41, 5.74) is 2.04. The standard InChI is InChI=1S/C20H18N4O5/c1-2-29-20(28)14-7-8-21-17(22-14)11-3-4-13-12(9-11)10-24(19(13)27)15-5-6-16(25)23-18(15)26/h3-4,7-9,15H,2,5-6,10H2,1H3,(H,23,25,26). The number of hydrogen-bond donors (Lipinski definition) is 1. The number of hydrogen-bond acceptors (Lipinski definition) is 7. The number of esters is 1. The number of nitrogens with zero attached hydrogens (tertiary/aromatic N) is 3. The molecule has 4 rings (SSSR count). The van der Waals surface area contributed by atoms with Crippen LogP contribution in [0.3, 0.4) is 0 Å². The fourth-order valence-electron chi connectivity index (χ4n) is 3.53. The van der Waals surface area contributed by atoms with Gasteiger partial charge in [0.05, 0.1) is 6.61 Å². The normalized spacial score (nSPS) is 18.4. The van der Waals surface area contributed by atoms with Crippen molar-refractivity contribution in [2.24, 2.45) is 0 Å². The van der Waals surface area contributed by atoms with E-state index >= 15 is 0 Å². The highest BCUT2D eigenvalue weighted by Crippen LogP contribution is 2.30. The minimum atomic E-state index is -0.667. The predicted molar refractivity (Wildman–Crippen MR) is 99.5 cm³/mol. The number of rotatable bonds is 4. The van der Waals surface area contributed by atoms with Crippen LogP contribution < -0.4 is 5.32 Å². The van der Waals surface area contributed by atoms with Gasteiger partial charge in [-0.05, 0) is 37.1 Å². The van der Waals surface area contributed by atoms with E-state index in [-0.39, 0.29) is 37.1 Å². The third-order valence-corrected chi connectivity index (χ3v) is 4.92. The topological polar surface area (TPSA) is 119 Å². The van der Waals surface area contributed by atoms with Crippen LogP contribution >= 0.6 is 0 Å². The lowest BCUT2D eigenvalue weighted by atomic mass is 10.0. The maximum absolute atomic E-state index is 12.8. The molecular weight excluding hydrogens is 376 g/mol. The molecule has 1 aromatic carbocycles.